The summed E-state index contributed by atoms with van der Waals surface area (Å²) in [6.07, 6.45) is 4.28. The van der Waals surface area contributed by atoms with E-state index in [9.17, 15) is 9.59 Å². The molecule has 1 amide bonds. The van der Waals surface area contributed by atoms with Gasteiger partial charge in [0.25, 0.3) is 0 Å². The van der Waals surface area contributed by atoms with Gasteiger partial charge in [-0.05, 0) is 32.2 Å². The molecule has 2 unspecified atom stereocenters. The Morgan fingerprint density at radius 2 is 1.89 bits per heavy atom. The lowest BCUT2D eigenvalue weighted by molar-refractivity contribution is -0.148. The molecule has 18 heavy (non-hydrogen) atoms. The maximum Gasteiger partial charge on any atom is 0.326 e. The van der Waals surface area contributed by atoms with Crippen LogP contribution in [0.3, 0.4) is 0 Å². The standard InChI is InChI=1S/C13H26N2O3/c1-4-5-11(8-9-14)6-7-12(16)15(3)10(2)13(17)18/h10-11H,4-9,14H2,1-3H3,(H,17,18). The van der Waals surface area contributed by atoms with Gasteiger partial charge in [0.05, 0.1) is 0 Å². The molecule has 0 saturated heterocycles. The summed E-state index contributed by atoms with van der Waals surface area (Å²) >= 11 is 0. The molecule has 3 N–H and O–H groups in total. The maximum atomic E-state index is 11.8. The van der Waals surface area contributed by atoms with Gasteiger partial charge < -0.3 is 15.7 Å². The van der Waals surface area contributed by atoms with E-state index in [2.05, 4.69) is 6.92 Å². The summed E-state index contributed by atoms with van der Waals surface area (Å²) in [4.78, 5) is 23.9. The van der Waals surface area contributed by atoms with Gasteiger partial charge in [0.2, 0.25) is 5.91 Å². The average molecular weight is 258 g/mol. The van der Waals surface area contributed by atoms with Crippen molar-refractivity contribution in [3.8, 4) is 0 Å². The summed E-state index contributed by atoms with van der Waals surface area (Å²) in [6.45, 7) is 4.27. The highest BCUT2D eigenvalue weighted by molar-refractivity contribution is 5.83. The van der Waals surface area contributed by atoms with Crippen molar-refractivity contribution in [3.05, 3.63) is 0 Å². The number of carbonyl (C=O) groups is 2. The number of carbonyl (C=O) groups excluding carboxylic acids is 1. The van der Waals surface area contributed by atoms with Crippen LogP contribution in [-0.2, 0) is 9.59 Å². The number of carboxylic acid groups (broad SMARTS) is 1. The molecule has 0 heterocycles. The van der Waals surface area contributed by atoms with Crippen LogP contribution in [0.25, 0.3) is 0 Å². The number of carboxylic acids is 1. The summed E-state index contributed by atoms with van der Waals surface area (Å²) in [6, 6.07) is -0.767. The van der Waals surface area contributed by atoms with Gasteiger partial charge in [0.1, 0.15) is 6.04 Å². The zero-order chi connectivity index (χ0) is 14.1. The number of nitrogens with two attached hydrogens (primary N) is 1. The lowest BCUT2D eigenvalue weighted by Gasteiger charge is -2.23. The van der Waals surface area contributed by atoms with Crippen LogP contribution >= 0.6 is 0 Å². The lowest BCUT2D eigenvalue weighted by Crippen LogP contribution is -2.40. The zero-order valence-corrected chi connectivity index (χ0v) is 11.7. The Bertz CT molecular complexity index is 263. The first kappa shape index (κ1) is 16.9. The summed E-state index contributed by atoms with van der Waals surface area (Å²) in [5.74, 6) is -0.613. The fraction of sp³-hybridized carbons (Fsp3) is 0.846. The molecule has 106 valence electrons. The molecular weight excluding hydrogens is 232 g/mol. The van der Waals surface area contributed by atoms with Gasteiger partial charge >= 0.3 is 5.97 Å². The van der Waals surface area contributed by atoms with Crippen LogP contribution < -0.4 is 5.73 Å². The lowest BCUT2D eigenvalue weighted by atomic mass is 9.94. The molecule has 0 saturated carbocycles. The van der Waals surface area contributed by atoms with E-state index < -0.39 is 12.0 Å². The Morgan fingerprint density at radius 1 is 1.28 bits per heavy atom. The monoisotopic (exact) mass is 258 g/mol. The van der Waals surface area contributed by atoms with Crippen molar-refractivity contribution in [2.24, 2.45) is 11.7 Å². The van der Waals surface area contributed by atoms with E-state index in [-0.39, 0.29) is 5.91 Å². The third-order valence-electron chi connectivity index (χ3n) is 3.37. The van der Waals surface area contributed by atoms with Crippen molar-refractivity contribution in [1.82, 2.24) is 4.90 Å². The Labute approximate surface area is 109 Å². The van der Waals surface area contributed by atoms with Gasteiger partial charge in [0, 0.05) is 13.5 Å². The highest BCUT2D eigenvalue weighted by atomic mass is 16.4. The molecule has 0 aliphatic rings. The maximum absolute atomic E-state index is 11.8. The fourth-order valence-electron chi connectivity index (χ4n) is 1.96. The number of hydrogen-bond acceptors (Lipinski definition) is 3. The first-order chi connectivity index (χ1) is 8.43. The van der Waals surface area contributed by atoms with Gasteiger partial charge in [0.15, 0.2) is 0 Å². The molecule has 0 aliphatic heterocycles. The molecule has 5 heteroatoms. The normalized spacial score (nSPS) is 14.0. The van der Waals surface area contributed by atoms with E-state index >= 15 is 0 Å². The second-order valence-corrected chi connectivity index (χ2v) is 4.79. The van der Waals surface area contributed by atoms with Crippen molar-refractivity contribution >= 4 is 11.9 Å². The average Bonchev–Trinajstić information content (AvgIpc) is 2.34. The first-order valence-corrected chi connectivity index (χ1v) is 6.62. The van der Waals surface area contributed by atoms with E-state index in [4.69, 9.17) is 10.8 Å². The summed E-state index contributed by atoms with van der Waals surface area (Å²) < 4.78 is 0. The van der Waals surface area contributed by atoms with Crippen LogP contribution in [-0.4, -0.2) is 41.5 Å². The van der Waals surface area contributed by atoms with Crippen molar-refractivity contribution in [3.63, 3.8) is 0 Å². The van der Waals surface area contributed by atoms with Gasteiger partial charge in [-0.15, -0.1) is 0 Å². The highest BCUT2D eigenvalue weighted by Crippen LogP contribution is 2.17. The molecule has 0 aromatic rings. The van der Waals surface area contributed by atoms with Crippen LogP contribution in [0.5, 0.6) is 0 Å². The smallest absolute Gasteiger partial charge is 0.326 e. The molecule has 0 rings (SSSR count). The molecule has 5 nitrogen and oxygen atoms in total. The van der Waals surface area contributed by atoms with E-state index in [1.165, 1.54) is 11.8 Å². The predicted octanol–water partition coefficient (Wildman–Crippen LogP) is 1.46. The molecule has 0 fully saturated rings. The Hall–Kier alpha value is -1.10. The van der Waals surface area contributed by atoms with E-state index in [0.717, 1.165) is 25.7 Å². The van der Waals surface area contributed by atoms with Crippen molar-refractivity contribution in [2.45, 2.75) is 52.0 Å². The van der Waals surface area contributed by atoms with Crippen LogP contribution in [0.2, 0.25) is 0 Å². The Kier molecular flexibility index (Phi) is 8.37. The van der Waals surface area contributed by atoms with E-state index in [1.807, 2.05) is 0 Å². The van der Waals surface area contributed by atoms with Crippen molar-refractivity contribution in [2.75, 3.05) is 13.6 Å². The second kappa shape index (κ2) is 8.91. The third kappa shape index (κ3) is 6.00. The van der Waals surface area contributed by atoms with Crippen LogP contribution in [0.15, 0.2) is 0 Å². The van der Waals surface area contributed by atoms with Gasteiger partial charge in [-0.25, -0.2) is 4.79 Å². The van der Waals surface area contributed by atoms with Crippen molar-refractivity contribution < 1.29 is 14.7 Å². The van der Waals surface area contributed by atoms with Gasteiger partial charge in [-0.2, -0.15) is 0 Å². The minimum atomic E-state index is -0.974. The number of likely N-dealkylation sites (N-methyl/N-ethyl adjacent to an activating group) is 1. The largest absolute Gasteiger partial charge is 0.480 e. The van der Waals surface area contributed by atoms with Crippen LogP contribution in [0.4, 0.5) is 0 Å². The third-order valence-corrected chi connectivity index (χ3v) is 3.37. The van der Waals surface area contributed by atoms with Crippen LogP contribution in [0, 0.1) is 5.92 Å². The van der Waals surface area contributed by atoms with Crippen LogP contribution in [0.1, 0.15) is 46.0 Å². The molecule has 2 atom stereocenters. The quantitative estimate of drug-likeness (QED) is 0.656. The Morgan fingerprint density at radius 3 is 2.33 bits per heavy atom. The fourth-order valence-corrected chi connectivity index (χ4v) is 1.96. The SMILES string of the molecule is CCCC(CCN)CCC(=O)N(C)C(C)C(=O)O. The molecule has 0 spiro atoms. The molecule has 0 bridgehead atoms. The van der Waals surface area contributed by atoms with Crippen molar-refractivity contribution in [1.29, 1.82) is 0 Å². The molecular formula is C13H26N2O3. The zero-order valence-electron chi connectivity index (χ0n) is 11.7. The predicted molar refractivity (Wildman–Crippen MR) is 71.2 cm³/mol. The number of rotatable bonds is 9. The number of hydrogen-bond donors (Lipinski definition) is 2. The summed E-state index contributed by atoms with van der Waals surface area (Å²) in [5, 5.41) is 8.84. The number of aliphatic carboxylic acids is 1. The number of nitrogens with zero attached hydrogens (tertiary/aromatic N) is 1. The van der Waals surface area contributed by atoms with Gasteiger partial charge in [-0.3, -0.25) is 4.79 Å². The highest BCUT2D eigenvalue weighted by Gasteiger charge is 2.22. The second-order valence-electron chi connectivity index (χ2n) is 4.79. The minimum absolute atomic E-state index is 0.108. The summed E-state index contributed by atoms with van der Waals surface area (Å²) in [7, 11) is 1.54. The minimum Gasteiger partial charge on any atom is -0.480 e. The Balaban J connectivity index is 4.17. The van der Waals surface area contributed by atoms with E-state index in [1.54, 1.807) is 7.05 Å². The topological polar surface area (TPSA) is 83.6 Å². The first-order valence-electron chi connectivity index (χ1n) is 6.62. The van der Waals surface area contributed by atoms with E-state index in [0.29, 0.717) is 18.9 Å². The van der Waals surface area contributed by atoms with Gasteiger partial charge in [-0.1, -0.05) is 19.8 Å². The molecule has 0 aromatic carbocycles. The molecule has 0 aromatic heterocycles. The molecule has 0 radical (unpaired) electrons. The summed E-state index contributed by atoms with van der Waals surface area (Å²) in [5.41, 5.74) is 5.54. The molecule has 0 aliphatic carbocycles. The number of amides is 1.